The van der Waals surface area contributed by atoms with E-state index < -0.39 is 5.60 Å². The Hall–Kier alpha value is -2.76. The third-order valence-electron chi connectivity index (χ3n) is 5.81. The summed E-state index contributed by atoms with van der Waals surface area (Å²) in [5.74, 6) is 1.42. The molecule has 0 unspecified atom stereocenters. The number of rotatable bonds is 4. The van der Waals surface area contributed by atoms with Crippen LogP contribution in [0.25, 0.3) is 22.3 Å². The lowest BCUT2D eigenvalue weighted by Gasteiger charge is -2.33. The van der Waals surface area contributed by atoms with Gasteiger partial charge >= 0.3 is 6.09 Å². The Morgan fingerprint density at radius 3 is 2.67 bits per heavy atom. The number of fused-ring (bicyclic) bond motifs is 1. The molecule has 0 atom stereocenters. The predicted octanol–water partition coefficient (Wildman–Crippen LogP) is 5.98. The molecule has 6 heteroatoms. The van der Waals surface area contributed by atoms with Crippen molar-refractivity contribution in [2.24, 2.45) is 5.92 Å². The van der Waals surface area contributed by atoms with Gasteiger partial charge in [-0.1, -0.05) is 11.2 Å². The summed E-state index contributed by atoms with van der Waals surface area (Å²) >= 11 is 0. The lowest BCUT2D eigenvalue weighted by molar-refractivity contribution is 0.0181. The molecule has 1 aliphatic heterocycles. The van der Waals surface area contributed by atoms with E-state index in [0.717, 1.165) is 72.3 Å². The Bertz CT molecular complexity index is 1010. The van der Waals surface area contributed by atoms with Crippen LogP contribution in [-0.4, -0.2) is 34.8 Å². The van der Waals surface area contributed by atoms with Crippen molar-refractivity contribution in [3.05, 3.63) is 41.8 Å². The van der Waals surface area contributed by atoms with Gasteiger partial charge in [0, 0.05) is 29.6 Å². The van der Waals surface area contributed by atoms with Crippen molar-refractivity contribution in [3.63, 3.8) is 0 Å². The van der Waals surface area contributed by atoms with Gasteiger partial charge in [-0.25, -0.2) is 4.79 Å². The molecule has 2 aromatic heterocycles. The van der Waals surface area contributed by atoms with E-state index in [9.17, 15) is 4.79 Å². The van der Waals surface area contributed by atoms with Crippen molar-refractivity contribution in [2.45, 2.75) is 59.0 Å². The van der Waals surface area contributed by atoms with Gasteiger partial charge in [-0.05, 0) is 77.5 Å². The standard InChI is InChI=1S/C24H30N2O4/c1-16-18(21-6-5-15-28-21)8-9-19-20(25-30-22(16)19)10-7-17-11-13-26(14-12-17)23(27)29-24(2,3)4/h5-6,8-9,15,17H,7,10-14H2,1-4H3. The Balaban J connectivity index is 1.36. The maximum atomic E-state index is 12.2. The second kappa shape index (κ2) is 8.17. The van der Waals surface area contributed by atoms with Gasteiger partial charge in [0.15, 0.2) is 5.58 Å². The molecule has 6 nitrogen and oxygen atoms in total. The number of piperidine rings is 1. The predicted molar refractivity (Wildman–Crippen MR) is 115 cm³/mol. The number of carbonyl (C=O) groups excluding carboxylic acids is 1. The van der Waals surface area contributed by atoms with Crippen LogP contribution in [0.1, 0.15) is 51.3 Å². The number of carbonyl (C=O) groups is 1. The quantitative estimate of drug-likeness (QED) is 0.529. The van der Waals surface area contributed by atoms with E-state index in [2.05, 4.69) is 17.3 Å². The molecule has 3 aromatic rings. The summed E-state index contributed by atoms with van der Waals surface area (Å²) in [6.07, 6.45) is 5.39. The smallest absolute Gasteiger partial charge is 0.410 e. The van der Waals surface area contributed by atoms with Crippen LogP contribution in [0, 0.1) is 12.8 Å². The number of likely N-dealkylation sites (tertiary alicyclic amines) is 1. The molecule has 160 valence electrons. The number of aromatic nitrogens is 1. The van der Waals surface area contributed by atoms with Crippen LogP contribution in [0.15, 0.2) is 39.5 Å². The molecule has 0 radical (unpaired) electrons. The van der Waals surface area contributed by atoms with Gasteiger partial charge in [0.05, 0.1) is 12.0 Å². The van der Waals surface area contributed by atoms with E-state index in [-0.39, 0.29) is 6.09 Å². The summed E-state index contributed by atoms with van der Waals surface area (Å²) < 4.78 is 16.7. The van der Waals surface area contributed by atoms with E-state index in [4.69, 9.17) is 13.7 Å². The molecule has 30 heavy (non-hydrogen) atoms. The largest absolute Gasteiger partial charge is 0.464 e. The highest BCUT2D eigenvalue weighted by Gasteiger charge is 2.27. The van der Waals surface area contributed by atoms with E-state index in [0.29, 0.717) is 5.92 Å². The van der Waals surface area contributed by atoms with Crippen molar-refractivity contribution in [3.8, 4) is 11.3 Å². The Morgan fingerprint density at radius 2 is 2.00 bits per heavy atom. The third kappa shape index (κ3) is 4.37. The fourth-order valence-electron chi connectivity index (χ4n) is 4.14. The van der Waals surface area contributed by atoms with Crippen LogP contribution in [0.3, 0.4) is 0 Å². The zero-order valence-corrected chi connectivity index (χ0v) is 18.2. The molecular formula is C24H30N2O4. The first-order valence-corrected chi connectivity index (χ1v) is 10.7. The van der Waals surface area contributed by atoms with Crippen LogP contribution in [0.2, 0.25) is 0 Å². The molecule has 4 rings (SSSR count). The van der Waals surface area contributed by atoms with Crippen molar-refractivity contribution in [2.75, 3.05) is 13.1 Å². The molecule has 1 fully saturated rings. The lowest BCUT2D eigenvalue weighted by atomic mass is 9.91. The van der Waals surface area contributed by atoms with E-state index in [1.807, 2.05) is 44.7 Å². The van der Waals surface area contributed by atoms with Gasteiger partial charge in [-0.15, -0.1) is 0 Å². The summed E-state index contributed by atoms with van der Waals surface area (Å²) in [6.45, 7) is 9.26. The molecule has 0 spiro atoms. The molecular weight excluding hydrogens is 380 g/mol. The van der Waals surface area contributed by atoms with E-state index in [1.54, 1.807) is 6.26 Å². The molecule has 1 amide bonds. The number of hydrogen-bond acceptors (Lipinski definition) is 5. The number of aryl methyl sites for hydroxylation is 2. The first-order valence-electron chi connectivity index (χ1n) is 10.7. The van der Waals surface area contributed by atoms with Crippen LogP contribution in [0.5, 0.6) is 0 Å². The fraction of sp³-hybridized carbons (Fsp3) is 0.500. The number of hydrogen-bond donors (Lipinski definition) is 0. The monoisotopic (exact) mass is 410 g/mol. The number of benzene rings is 1. The van der Waals surface area contributed by atoms with Crippen molar-refractivity contribution >= 4 is 17.1 Å². The molecule has 0 saturated carbocycles. The highest BCUT2D eigenvalue weighted by molar-refractivity contribution is 5.88. The summed E-state index contributed by atoms with van der Waals surface area (Å²) in [4.78, 5) is 14.1. The fourth-order valence-corrected chi connectivity index (χ4v) is 4.14. The summed E-state index contributed by atoms with van der Waals surface area (Å²) in [6, 6.07) is 8.00. The highest BCUT2D eigenvalue weighted by atomic mass is 16.6. The van der Waals surface area contributed by atoms with E-state index in [1.165, 1.54) is 0 Å². The maximum absolute atomic E-state index is 12.2. The number of furan rings is 1. The molecule has 0 N–H and O–H groups in total. The Labute approximate surface area is 177 Å². The number of amides is 1. The normalized spacial score (nSPS) is 15.7. The van der Waals surface area contributed by atoms with Crippen molar-refractivity contribution < 1.29 is 18.5 Å². The van der Waals surface area contributed by atoms with Crippen LogP contribution in [0.4, 0.5) is 4.79 Å². The lowest BCUT2D eigenvalue weighted by Crippen LogP contribution is -2.41. The van der Waals surface area contributed by atoms with Gasteiger partial charge < -0.3 is 18.6 Å². The molecule has 1 aromatic carbocycles. The average molecular weight is 411 g/mol. The summed E-state index contributed by atoms with van der Waals surface area (Å²) in [7, 11) is 0. The third-order valence-corrected chi connectivity index (χ3v) is 5.81. The summed E-state index contributed by atoms with van der Waals surface area (Å²) in [5, 5.41) is 5.43. The van der Waals surface area contributed by atoms with Gasteiger partial charge in [-0.2, -0.15) is 0 Å². The van der Waals surface area contributed by atoms with Gasteiger partial charge in [0.25, 0.3) is 0 Å². The SMILES string of the molecule is Cc1c(-c2ccco2)ccc2c(CCC3CCN(C(=O)OC(C)(C)C)CC3)noc12. The Kier molecular flexibility index (Phi) is 5.58. The Morgan fingerprint density at radius 1 is 1.23 bits per heavy atom. The molecule has 0 bridgehead atoms. The van der Waals surface area contributed by atoms with Gasteiger partial charge in [0.2, 0.25) is 0 Å². The van der Waals surface area contributed by atoms with Crippen molar-refractivity contribution in [1.29, 1.82) is 0 Å². The van der Waals surface area contributed by atoms with Crippen molar-refractivity contribution in [1.82, 2.24) is 10.1 Å². The molecule has 3 heterocycles. The first-order chi connectivity index (χ1) is 14.3. The van der Waals surface area contributed by atoms with Gasteiger partial charge in [0.1, 0.15) is 11.4 Å². The van der Waals surface area contributed by atoms with Crippen LogP contribution < -0.4 is 0 Å². The zero-order chi connectivity index (χ0) is 21.3. The van der Waals surface area contributed by atoms with Crippen LogP contribution >= 0.6 is 0 Å². The zero-order valence-electron chi connectivity index (χ0n) is 18.2. The molecule has 1 aliphatic rings. The molecule has 0 aliphatic carbocycles. The minimum absolute atomic E-state index is 0.203. The van der Waals surface area contributed by atoms with E-state index >= 15 is 0 Å². The van der Waals surface area contributed by atoms with Gasteiger partial charge in [-0.3, -0.25) is 0 Å². The first kappa shape index (κ1) is 20.5. The topological polar surface area (TPSA) is 68.7 Å². The second-order valence-electron chi connectivity index (χ2n) is 9.17. The summed E-state index contributed by atoms with van der Waals surface area (Å²) in [5.41, 5.74) is 3.47. The second-order valence-corrected chi connectivity index (χ2v) is 9.17. The minimum atomic E-state index is -0.448. The molecule has 1 saturated heterocycles. The maximum Gasteiger partial charge on any atom is 0.410 e. The number of ether oxygens (including phenoxy) is 1. The number of nitrogens with zero attached hydrogens (tertiary/aromatic N) is 2. The minimum Gasteiger partial charge on any atom is -0.464 e. The average Bonchev–Trinajstić information content (AvgIpc) is 3.36. The highest BCUT2D eigenvalue weighted by Crippen LogP contribution is 2.32. The van der Waals surface area contributed by atoms with Crippen LogP contribution in [-0.2, 0) is 11.2 Å².